The molecule has 0 radical (unpaired) electrons. The Labute approximate surface area is 158 Å². The zero-order chi connectivity index (χ0) is 19.2. The molecule has 0 aliphatic rings. The molecule has 0 unspecified atom stereocenters. The van der Waals surface area contributed by atoms with Crippen LogP contribution < -0.4 is 15.8 Å². The van der Waals surface area contributed by atoms with E-state index in [4.69, 9.17) is 16.7 Å². The van der Waals surface area contributed by atoms with Crippen molar-refractivity contribution in [3.05, 3.63) is 58.6 Å². The van der Waals surface area contributed by atoms with Crippen molar-refractivity contribution in [3.8, 4) is 0 Å². The van der Waals surface area contributed by atoms with Crippen LogP contribution in [0, 0.1) is 6.92 Å². The van der Waals surface area contributed by atoms with Gasteiger partial charge in [0.05, 0.1) is 4.90 Å². The summed E-state index contributed by atoms with van der Waals surface area (Å²) < 4.78 is 22.4. The second kappa shape index (κ2) is 9.14. The summed E-state index contributed by atoms with van der Waals surface area (Å²) in [6.45, 7) is 3.13. The number of carbonyl (C=O) groups is 1. The summed E-state index contributed by atoms with van der Waals surface area (Å²) in [5, 5.41) is 11.7. The van der Waals surface area contributed by atoms with E-state index in [0.717, 1.165) is 23.2 Å². The van der Waals surface area contributed by atoms with E-state index >= 15 is 0 Å². The second-order valence-corrected chi connectivity index (χ2v) is 7.94. The van der Waals surface area contributed by atoms with Crippen LogP contribution in [0.1, 0.15) is 17.5 Å². The number of anilines is 1. The van der Waals surface area contributed by atoms with E-state index in [9.17, 15) is 13.2 Å². The molecular weight excluding hydrogens is 374 g/mol. The Morgan fingerprint density at radius 3 is 2.46 bits per heavy atom. The Bertz CT molecular complexity index is 868. The van der Waals surface area contributed by atoms with Gasteiger partial charge in [0.15, 0.2) is 0 Å². The minimum absolute atomic E-state index is 0.0830. The number of hydrogen-bond acceptors (Lipinski definition) is 4. The maximum absolute atomic E-state index is 12.0. The Morgan fingerprint density at radius 2 is 1.81 bits per heavy atom. The maximum Gasteiger partial charge on any atom is 0.238 e. The Balaban J connectivity index is 1.70. The molecule has 1 amide bonds. The summed E-state index contributed by atoms with van der Waals surface area (Å²) in [5.74, 6) is -0.0830. The van der Waals surface area contributed by atoms with Gasteiger partial charge in [-0.3, -0.25) is 4.79 Å². The third-order valence-corrected chi connectivity index (χ3v) is 5.01. The summed E-state index contributed by atoms with van der Waals surface area (Å²) >= 11 is 5.93. The van der Waals surface area contributed by atoms with Crippen LogP contribution in [0.3, 0.4) is 0 Å². The first-order chi connectivity index (χ1) is 12.3. The van der Waals surface area contributed by atoms with Crippen LogP contribution in [-0.2, 0) is 21.2 Å². The summed E-state index contributed by atoms with van der Waals surface area (Å²) in [7, 11) is -3.66. The molecule has 0 saturated carbocycles. The number of sulfonamides is 1. The van der Waals surface area contributed by atoms with Crippen LogP contribution in [0.5, 0.6) is 0 Å². The summed E-state index contributed by atoms with van der Waals surface area (Å²) in [6.07, 6.45) is 1.07. The smallest absolute Gasteiger partial charge is 0.238 e. The van der Waals surface area contributed by atoms with Crippen LogP contribution in [0.15, 0.2) is 47.4 Å². The number of nitrogens with one attached hydrogen (secondary N) is 2. The number of halogens is 1. The molecule has 0 atom stereocenters. The molecule has 0 aliphatic heterocycles. The monoisotopic (exact) mass is 395 g/mol. The molecule has 4 N–H and O–H groups in total. The van der Waals surface area contributed by atoms with Gasteiger partial charge in [0.2, 0.25) is 15.9 Å². The molecule has 0 bridgehead atoms. The van der Waals surface area contributed by atoms with Crippen molar-refractivity contribution in [2.24, 2.45) is 5.14 Å². The molecule has 2 rings (SSSR count). The lowest BCUT2D eigenvalue weighted by atomic mass is 10.1. The van der Waals surface area contributed by atoms with E-state index in [1.165, 1.54) is 12.1 Å². The lowest BCUT2D eigenvalue weighted by Gasteiger charge is -2.09. The van der Waals surface area contributed by atoms with Crippen LogP contribution in [0.2, 0.25) is 5.02 Å². The average Bonchev–Trinajstić information content (AvgIpc) is 2.57. The van der Waals surface area contributed by atoms with Gasteiger partial charge in [0.1, 0.15) is 0 Å². The maximum atomic E-state index is 12.0. The quantitative estimate of drug-likeness (QED) is 0.597. The number of rotatable bonds is 8. The number of carbonyl (C=O) groups excluding carboxylic acids is 1. The summed E-state index contributed by atoms with van der Waals surface area (Å²) in [5.41, 5.74) is 2.67. The molecule has 0 aliphatic carbocycles. The standard InChI is InChI=1S/C18H22ClN3O3S/c1-13-2-5-15(19)12-17(13)22-18(23)9-11-21-10-8-14-3-6-16(7-4-14)26(20,24)25/h2-7,12,21H,8-11H2,1H3,(H,22,23)(H2,20,24,25). The zero-order valence-corrected chi connectivity index (χ0v) is 16.0. The average molecular weight is 396 g/mol. The topological polar surface area (TPSA) is 101 Å². The van der Waals surface area contributed by atoms with Gasteiger partial charge < -0.3 is 10.6 Å². The molecule has 0 aromatic heterocycles. The fourth-order valence-electron chi connectivity index (χ4n) is 2.35. The molecule has 0 fully saturated rings. The van der Waals surface area contributed by atoms with Gasteiger partial charge in [-0.05, 0) is 55.3 Å². The molecule has 26 heavy (non-hydrogen) atoms. The Morgan fingerprint density at radius 1 is 1.12 bits per heavy atom. The highest BCUT2D eigenvalue weighted by Crippen LogP contribution is 2.20. The molecule has 8 heteroatoms. The molecule has 6 nitrogen and oxygen atoms in total. The van der Waals surface area contributed by atoms with E-state index in [2.05, 4.69) is 10.6 Å². The predicted molar refractivity (Wildman–Crippen MR) is 104 cm³/mol. The molecule has 0 heterocycles. The number of aryl methyl sites for hydroxylation is 1. The third-order valence-electron chi connectivity index (χ3n) is 3.84. The lowest BCUT2D eigenvalue weighted by Crippen LogP contribution is -2.23. The van der Waals surface area contributed by atoms with Gasteiger partial charge in [-0.15, -0.1) is 0 Å². The van der Waals surface area contributed by atoms with Crippen molar-refractivity contribution < 1.29 is 13.2 Å². The van der Waals surface area contributed by atoms with E-state index < -0.39 is 10.0 Å². The fourth-order valence-corrected chi connectivity index (χ4v) is 3.03. The summed E-state index contributed by atoms with van der Waals surface area (Å²) in [6, 6.07) is 11.8. The molecule has 0 saturated heterocycles. The van der Waals surface area contributed by atoms with E-state index in [1.54, 1.807) is 24.3 Å². The first-order valence-corrected chi connectivity index (χ1v) is 10.1. The highest BCUT2D eigenvalue weighted by Gasteiger charge is 2.07. The number of nitrogens with two attached hydrogens (primary N) is 1. The molecule has 2 aromatic rings. The molecule has 0 spiro atoms. The van der Waals surface area contributed by atoms with Gasteiger partial charge in [-0.25, -0.2) is 13.6 Å². The number of benzene rings is 2. The van der Waals surface area contributed by atoms with E-state index in [0.29, 0.717) is 24.5 Å². The van der Waals surface area contributed by atoms with Crippen molar-refractivity contribution in [1.82, 2.24) is 5.32 Å². The first kappa shape index (κ1) is 20.4. The van der Waals surface area contributed by atoms with Crippen molar-refractivity contribution in [2.45, 2.75) is 24.7 Å². The Hall–Kier alpha value is -1.93. The molecule has 2 aromatic carbocycles. The third kappa shape index (κ3) is 6.42. The normalized spacial score (nSPS) is 11.3. The predicted octanol–water partition coefficient (Wildman–Crippen LogP) is 2.46. The minimum atomic E-state index is -3.66. The summed E-state index contributed by atoms with van der Waals surface area (Å²) in [4.78, 5) is 12.1. The number of amides is 1. The van der Waals surface area contributed by atoms with Gasteiger partial charge in [0, 0.05) is 23.7 Å². The minimum Gasteiger partial charge on any atom is -0.326 e. The van der Waals surface area contributed by atoms with E-state index in [-0.39, 0.29) is 10.8 Å². The largest absolute Gasteiger partial charge is 0.326 e. The second-order valence-electron chi connectivity index (χ2n) is 5.95. The van der Waals surface area contributed by atoms with Crippen molar-refractivity contribution in [2.75, 3.05) is 18.4 Å². The van der Waals surface area contributed by atoms with Crippen molar-refractivity contribution in [3.63, 3.8) is 0 Å². The van der Waals surface area contributed by atoms with Gasteiger partial charge in [0.25, 0.3) is 0 Å². The SMILES string of the molecule is Cc1ccc(Cl)cc1NC(=O)CCNCCc1ccc(S(N)(=O)=O)cc1. The van der Waals surface area contributed by atoms with Crippen LogP contribution in [0.4, 0.5) is 5.69 Å². The van der Waals surface area contributed by atoms with Crippen molar-refractivity contribution >= 4 is 33.2 Å². The van der Waals surface area contributed by atoms with Gasteiger partial charge >= 0.3 is 0 Å². The number of primary sulfonamides is 1. The lowest BCUT2D eigenvalue weighted by molar-refractivity contribution is -0.116. The van der Waals surface area contributed by atoms with Gasteiger partial charge in [-0.1, -0.05) is 29.8 Å². The highest BCUT2D eigenvalue weighted by molar-refractivity contribution is 7.89. The van der Waals surface area contributed by atoms with Gasteiger partial charge in [-0.2, -0.15) is 0 Å². The first-order valence-electron chi connectivity index (χ1n) is 8.14. The number of hydrogen-bond donors (Lipinski definition) is 3. The van der Waals surface area contributed by atoms with Crippen LogP contribution in [-0.4, -0.2) is 27.4 Å². The molecular formula is C18H22ClN3O3S. The van der Waals surface area contributed by atoms with E-state index in [1.807, 2.05) is 13.0 Å². The zero-order valence-electron chi connectivity index (χ0n) is 14.5. The fraction of sp³-hybridized carbons (Fsp3) is 0.278. The Kier molecular flexibility index (Phi) is 7.16. The molecule has 140 valence electrons. The van der Waals surface area contributed by atoms with Crippen molar-refractivity contribution in [1.29, 1.82) is 0 Å². The van der Waals surface area contributed by atoms with Crippen LogP contribution >= 0.6 is 11.6 Å². The van der Waals surface area contributed by atoms with Crippen LogP contribution in [0.25, 0.3) is 0 Å². The highest BCUT2D eigenvalue weighted by atomic mass is 35.5.